The third-order valence-corrected chi connectivity index (χ3v) is 1.87. The number of nitrogens with one attached hydrogen (secondary N) is 1. The summed E-state index contributed by atoms with van der Waals surface area (Å²) >= 11 is 0. The molecule has 0 aliphatic heterocycles. The van der Waals surface area contributed by atoms with Gasteiger partial charge in [0, 0.05) is 6.92 Å². The summed E-state index contributed by atoms with van der Waals surface area (Å²) in [5.74, 6) is 0.774. The highest BCUT2D eigenvalue weighted by Crippen LogP contribution is 1.94. The maximum absolute atomic E-state index is 11.5. The molecule has 0 aliphatic rings. The van der Waals surface area contributed by atoms with Crippen LogP contribution >= 0.6 is 0 Å². The standard InChI is InChI=1S/C8H11N7O2/c1-5-12-6(14-17-5)2-10-7(16)3-15-4-11-8(9)13-15/h4H,2-3H2,1H3,(H2,9,13)(H,10,16). The molecule has 0 fully saturated rings. The molecule has 0 radical (unpaired) electrons. The molecule has 9 nitrogen and oxygen atoms in total. The van der Waals surface area contributed by atoms with Crippen LogP contribution in [0.15, 0.2) is 10.9 Å². The average Bonchev–Trinajstić information content (AvgIpc) is 2.85. The number of aryl methyl sites for hydroxylation is 1. The van der Waals surface area contributed by atoms with Crippen molar-refractivity contribution in [3.63, 3.8) is 0 Å². The van der Waals surface area contributed by atoms with Crippen molar-refractivity contribution in [2.24, 2.45) is 0 Å². The quantitative estimate of drug-likeness (QED) is 0.689. The lowest BCUT2D eigenvalue weighted by atomic mass is 10.5. The highest BCUT2D eigenvalue weighted by molar-refractivity contribution is 5.75. The van der Waals surface area contributed by atoms with E-state index in [1.54, 1.807) is 6.92 Å². The molecule has 1 amide bonds. The lowest BCUT2D eigenvalue weighted by Crippen LogP contribution is -2.27. The van der Waals surface area contributed by atoms with Gasteiger partial charge in [-0.1, -0.05) is 5.16 Å². The molecule has 0 saturated carbocycles. The van der Waals surface area contributed by atoms with Crippen molar-refractivity contribution < 1.29 is 9.32 Å². The van der Waals surface area contributed by atoms with Crippen LogP contribution in [0.1, 0.15) is 11.7 Å². The fraction of sp³-hybridized carbons (Fsp3) is 0.375. The molecule has 0 saturated heterocycles. The molecule has 2 heterocycles. The number of nitrogen functional groups attached to an aromatic ring is 1. The molecule has 0 spiro atoms. The molecule has 90 valence electrons. The predicted octanol–water partition coefficient (Wildman–Crippen LogP) is -1.13. The highest BCUT2D eigenvalue weighted by Gasteiger charge is 2.07. The smallest absolute Gasteiger partial charge is 0.242 e. The van der Waals surface area contributed by atoms with Crippen LogP contribution in [-0.2, 0) is 17.9 Å². The van der Waals surface area contributed by atoms with E-state index in [1.807, 2.05) is 0 Å². The SMILES string of the molecule is Cc1nc(CNC(=O)Cn2cnc(N)n2)no1. The Morgan fingerprint density at radius 1 is 1.65 bits per heavy atom. The summed E-state index contributed by atoms with van der Waals surface area (Å²) in [5.41, 5.74) is 5.31. The van der Waals surface area contributed by atoms with Crippen LogP contribution in [-0.4, -0.2) is 30.8 Å². The van der Waals surface area contributed by atoms with Crippen LogP contribution in [0.2, 0.25) is 0 Å². The maximum atomic E-state index is 11.5. The van der Waals surface area contributed by atoms with Gasteiger partial charge in [-0.2, -0.15) is 4.98 Å². The van der Waals surface area contributed by atoms with Crippen LogP contribution in [0.3, 0.4) is 0 Å². The Morgan fingerprint density at radius 2 is 2.47 bits per heavy atom. The number of amides is 1. The van der Waals surface area contributed by atoms with E-state index < -0.39 is 0 Å². The first-order chi connectivity index (χ1) is 8.13. The summed E-state index contributed by atoms with van der Waals surface area (Å²) < 4.78 is 6.10. The van der Waals surface area contributed by atoms with Gasteiger partial charge >= 0.3 is 0 Å². The number of aromatic nitrogens is 5. The topological polar surface area (TPSA) is 125 Å². The van der Waals surface area contributed by atoms with Crippen molar-refractivity contribution in [1.82, 2.24) is 30.2 Å². The number of hydrogen-bond donors (Lipinski definition) is 2. The highest BCUT2D eigenvalue weighted by atomic mass is 16.5. The zero-order chi connectivity index (χ0) is 12.3. The molecule has 2 aromatic rings. The Labute approximate surface area is 96.0 Å². The van der Waals surface area contributed by atoms with Crippen LogP contribution in [0.25, 0.3) is 0 Å². The van der Waals surface area contributed by atoms with Gasteiger partial charge in [0.25, 0.3) is 0 Å². The van der Waals surface area contributed by atoms with Crippen molar-refractivity contribution in [2.45, 2.75) is 20.0 Å². The third-order valence-electron chi connectivity index (χ3n) is 1.87. The van der Waals surface area contributed by atoms with E-state index >= 15 is 0 Å². The molecule has 0 aliphatic carbocycles. The summed E-state index contributed by atoms with van der Waals surface area (Å²) in [6.07, 6.45) is 1.38. The molecule has 17 heavy (non-hydrogen) atoms. The summed E-state index contributed by atoms with van der Waals surface area (Å²) in [7, 11) is 0. The van der Waals surface area contributed by atoms with E-state index in [4.69, 9.17) is 10.3 Å². The first-order valence-electron chi connectivity index (χ1n) is 4.84. The van der Waals surface area contributed by atoms with Crippen LogP contribution in [0, 0.1) is 6.92 Å². The molecule has 3 N–H and O–H groups in total. The molecular weight excluding hydrogens is 226 g/mol. The number of anilines is 1. The largest absolute Gasteiger partial charge is 0.367 e. The van der Waals surface area contributed by atoms with Gasteiger partial charge in [0.1, 0.15) is 12.9 Å². The normalized spacial score (nSPS) is 10.4. The third kappa shape index (κ3) is 3.00. The van der Waals surface area contributed by atoms with E-state index in [9.17, 15) is 4.79 Å². The van der Waals surface area contributed by atoms with Crippen LogP contribution < -0.4 is 11.1 Å². The number of nitrogens with zero attached hydrogens (tertiary/aromatic N) is 5. The fourth-order valence-corrected chi connectivity index (χ4v) is 1.18. The summed E-state index contributed by atoms with van der Waals surface area (Å²) in [4.78, 5) is 19.1. The zero-order valence-corrected chi connectivity index (χ0v) is 9.12. The second-order valence-corrected chi connectivity index (χ2v) is 3.31. The fourth-order valence-electron chi connectivity index (χ4n) is 1.18. The van der Waals surface area contributed by atoms with E-state index in [-0.39, 0.29) is 24.9 Å². The predicted molar refractivity (Wildman–Crippen MR) is 55.3 cm³/mol. The first kappa shape index (κ1) is 11.0. The van der Waals surface area contributed by atoms with Gasteiger partial charge in [0.15, 0.2) is 5.82 Å². The second kappa shape index (κ2) is 4.60. The summed E-state index contributed by atoms with van der Waals surface area (Å²) in [6.45, 7) is 1.93. The molecule has 0 atom stereocenters. The van der Waals surface area contributed by atoms with Gasteiger partial charge < -0.3 is 15.6 Å². The van der Waals surface area contributed by atoms with Gasteiger partial charge in [-0.3, -0.25) is 4.79 Å². The Morgan fingerprint density at radius 3 is 3.06 bits per heavy atom. The lowest BCUT2D eigenvalue weighted by Gasteiger charge is -2.01. The summed E-state index contributed by atoms with van der Waals surface area (Å²) in [5, 5.41) is 10.0. The van der Waals surface area contributed by atoms with Crippen molar-refractivity contribution in [3.8, 4) is 0 Å². The van der Waals surface area contributed by atoms with Gasteiger partial charge in [-0.15, -0.1) is 5.10 Å². The van der Waals surface area contributed by atoms with Gasteiger partial charge in [0.05, 0.1) is 6.54 Å². The lowest BCUT2D eigenvalue weighted by molar-refractivity contribution is -0.122. The van der Waals surface area contributed by atoms with Gasteiger partial charge in [-0.05, 0) is 0 Å². The Kier molecular flexibility index (Phi) is 2.99. The van der Waals surface area contributed by atoms with Crippen molar-refractivity contribution in [1.29, 1.82) is 0 Å². The van der Waals surface area contributed by atoms with Gasteiger partial charge in [-0.25, -0.2) is 9.67 Å². The molecule has 9 heteroatoms. The van der Waals surface area contributed by atoms with E-state index in [0.717, 1.165) is 0 Å². The average molecular weight is 237 g/mol. The van der Waals surface area contributed by atoms with E-state index in [1.165, 1.54) is 11.0 Å². The number of hydrogen-bond acceptors (Lipinski definition) is 7. The van der Waals surface area contributed by atoms with Gasteiger partial charge in [0.2, 0.25) is 17.7 Å². The Balaban J connectivity index is 1.82. The van der Waals surface area contributed by atoms with E-state index in [2.05, 4.69) is 25.5 Å². The van der Waals surface area contributed by atoms with Crippen molar-refractivity contribution in [3.05, 3.63) is 18.0 Å². The number of rotatable bonds is 4. The number of carbonyl (C=O) groups is 1. The van der Waals surface area contributed by atoms with Crippen molar-refractivity contribution in [2.75, 3.05) is 5.73 Å². The van der Waals surface area contributed by atoms with E-state index in [0.29, 0.717) is 11.7 Å². The minimum absolute atomic E-state index is 0.0427. The number of nitrogens with two attached hydrogens (primary N) is 1. The maximum Gasteiger partial charge on any atom is 0.242 e. The molecule has 2 rings (SSSR count). The Bertz CT molecular complexity index is 517. The monoisotopic (exact) mass is 237 g/mol. The minimum atomic E-state index is -0.239. The second-order valence-electron chi connectivity index (χ2n) is 3.31. The minimum Gasteiger partial charge on any atom is -0.367 e. The first-order valence-corrected chi connectivity index (χ1v) is 4.84. The summed E-state index contributed by atoms with van der Waals surface area (Å²) in [6, 6.07) is 0. The van der Waals surface area contributed by atoms with Crippen LogP contribution in [0.4, 0.5) is 5.95 Å². The van der Waals surface area contributed by atoms with Crippen LogP contribution in [0.5, 0.6) is 0 Å². The van der Waals surface area contributed by atoms with Crippen molar-refractivity contribution >= 4 is 11.9 Å². The molecular formula is C8H11N7O2. The molecule has 2 aromatic heterocycles. The number of carbonyl (C=O) groups excluding carboxylic acids is 1. The molecule has 0 aromatic carbocycles. The molecule has 0 bridgehead atoms. The zero-order valence-electron chi connectivity index (χ0n) is 9.12. The molecule has 0 unspecified atom stereocenters. The Hall–Kier alpha value is -2.45.